The molecule has 0 spiro atoms. The summed E-state index contributed by atoms with van der Waals surface area (Å²) in [4.78, 5) is 24.4. The molecule has 0 bridgehead atoms. The minimum Gasteiger partial charge on any atom is -0.433 e. The Morgan fingerprint density at radius 2 is 1.70 bits per heavy atom. The molecule has 0 atom stereocenters. The van der Waals surface area contributed by atoms with Crippen molar-refractivity contribution in [1.82, 2.24) is 5.32 Å². The SMILES string of the molecule is O=C(CNc1ccccc1C(=O)NC1CC1)Nc1ccccc1OC(F)F. The second kappa shape index (κ2) is 8.48. The van der Waals surface area contributed by atoms with E-state index in [2.05, 4.69) is 20.7 Å². The highest BCUT2D eigenvalue weighted by atomic mass is 19.3. The van der Waals surface area contributed by atoms with Gasteiger partial charge in [0.25, 0.3) is 5.91 Å². The number of ether oxygens (including phenoxy) is 1. The number of hydrogen-bond donors (Lipinski definition) is 3. The summed E-state index contributed by atoms with van der Waals surface area (Å²) >= 11 is 0. The minimum absolute atomic E-state index is 0.120. The number of nitrogens with one attached hydrogen (secondary N) is 3. The molecule has 0 aromatic heterocycles. The lowest BCUT2D eigenvalue weighted by molar-refractivity contribution is -0.114. The van der Waals surface area contributed by atoms with Crippen LogP contribution in [-0.4, -0.2) is 31.0 Å². The molecule has 0 heterocycles. The van der Waals surface area contributed by atoms with Gasteiger partial charge in [-0.15, -0.1) is 0 Å². The fourth-order valence-corrected chi connectivity index (χ4v) is 2.46. The van der Waals surface area contributed by atoms with Gasteiger partial charge in [0.1, 0.15) is 5.75 Å². The first-order valence-electron chi connectivity index (χ1n) is 8.50. The van der Waals surface area contributed by atoms with Gasteiger partial charge in [0, 0.05) is 11.7 Å². The van der Waals surface area contributed by atoms with Crippen LogP contribution in [0.2, 0.25) is 0 Å². The molecule has 2 amide bonds. The highest BCUT2D eigenvalue weighted by molar-refractivity contribution is 6.01. The quantitative estimate of drug-likeness (QED) is 0.662. The van der Waals surface area contributed by atoms with E-state index in [0.29, 0.717) is 11.3 Å². The Hall–Kier alpha value is -3.16. The van der Waals surface area contributed by atoms with Crippen LogP contribution in [-0.2, 0) is 4.79 Å². The Balaban J connectivity index is 1.61. The third-order valence-electron chi connectivity index (χ3n) is 3.90. The number of rotatable bonds is 8. The first kappa shape index (κ1) is 18.6. The third kappa shape index (κ3) is 5.40. The molecule has 1 saturated carbocycles. The van der Waals surface area contributed by atoms with E-state index in [1.54, 1.807) is 30.3 Å². The summed E-state index contributed by atoms with van der Waals surface area (Å²) in [5.41, 5.74) is 1.10. The molecule has 0 radical (unpaired) electrons. The van der Waals surface area contributed by atoms with E-state index >= 15 is 0 Å². The Morgan fingerprint density at radius 1 is 1.04 bits per heavy atom. The number of alkyl halides is 2. The first-order valence-corrected chi connectivity index (χ1v) is 8.50. The van der Waals surface area contributed by atoms with Crippen LogP contribution in [0.5, 0.6) is 5.75 Å². The Bertz CT molecular complexity index is 825. The van der Waals surface area contributed by atoms with E-state index in [9.17, 15) is 18.4 Å². The van der Waals surface area contributed by atoms with E-state index < -0.39 is 12.5 Å². The number of halogens is 2. The van der Waals surface area contributed by atoms with Crippen LogP contribution >= 0.6 is 0 Å². The number of carbonyl (C=O) groups is 2. The fraction of sp³-hybridized carbons (Fsp3) is 0.263. The minimum atomic E-state index is -2.99. The molecule has 8 heteroatoms. The zero-order valence-electron chi connectivity index (χ0n) is 14.4. The number of hydrogen-bond acceptors (Lipinski definition) is 4. The Kier molecular flexibility index (Phi) is 5.85. The van der Waals surface area contributed by atoms with Crippen molar-refractivity contribution in [2.24, 2.45) is 0 Å². The predicted octanol–water partition coefficient (Wildman–Crippen LogP) is 3.23. The standard InChI is InChI=1S/C19H19F2N3O3/c20-19(21)27-16-8-4-3-7-15(16)24-17(25)11-22-14-6-2-1-5-13(14)18(26)23-12-9-10-12/h1-8,12,19,22H,9-11H2,(H,23,26)(H,24,25). The number of para-hydroxylation sites is 3. The molecule has 1 fully saturated rings. The molecule has 142 valence electrons. The van der Waals surface area contributed by atoms with Gasteiger partial charge in [-0.2, -0.15) is 8.78 Å². The van der Waals surface area contributed by atoms with Gasteiger partial charge in [0.15, 0.2) is 0 Å². The van der Waals surface area contributed by atoms with E-state index in [1.807, 2.05) is 0 Å². The van der Waals surface area contributed by atoms with Gasteiger partial charge in [0.05, 0.1) is 17.8 Å². The molecule has 2 aromatic rings. The average molecular weight is 375 g/mol. The smallest absolute Gasteiger partial charge is 0.387 e. The lowest BCUT2D eigenvalue weighted by Crippen LogP contribution is -2.27. The van der Waals surface area contributed by atoms with Crippen LogP contribution in [0, 0.1) is 0 Å². The molecule has 0 aliphatic heterocycles. The summed E-state index contributed by atoms with van der Waals surface area (Å²) in [7, 11) is 0. The van der Waals surface area contributed by atoms with Crippen molar-refractivity contribution in [1.29, 1.82) is 0 Å². The molecular weight excluding hydrogens is 356 g/mol. The molecule has 3 N–H and O–H groups in total. The highest BCUT2D eigenvalue weighted by Crippen LogP contribution is 2.25. The van der Waals surface area contributed by atoms with E-state index in [0.717, 1.165) is 12.8 Å². The van der Waals surface area contributed by atoms with Crippen molar-refractivity contribution in [3.63, 3.8) is 0 Å². The zero-order chi connectivity index (χ0) is 19.2. The molecule has 1 aliphatic carbocycles. The monoisotopic (exact) mass is 375 g/mol. The lowest BCUT2D eigenvalue weighted by atomic mass is 10.1. The van der Waals surface area contributed by atoms with Crippen LogP contribution in [0.1, 0.15) is 23.2 Å². The topological polar surface area (TPSA) is 79.5 Å². The van der Waals surface area contributed by atoms with Gasteiger partial charge in [-0.05, 0) is 37.1 Å². The van der Waals surface area contributed by atoms with Crippen LogP contribution in [0.3, 0.4) is 0 Å². The maximum absolute atomic E-state index is 12.4. The second-order valence-corrected chi connectivity index (χ2v) is 6.07. The summed E-state index contributed by atoms with van der Waals surface area (Å²) in [6.45, 7) is -3.13. The van der Waals surface area contributed by atoms with Gasteiger partial charge in [-0.25, -0.2) is 0 Å². The van der Waals surface area contributed by atoms with Crippen molar-refractivity contribution >= 4 is 23.2 Å². The number of benzene rings is 2. The highest BCUT2D eigenvalue weighted by Gasteiger charge is 2.24. The lowest BCUT2D eigenvalue weighted by Gasteiger charge is -2.14. The molecule has 0 unspecified atom stereocenters. The maximum Gasteiger partial charge on any atom is 0.387 e. The van der Waals surface area contributed by atoms with E-state index in [1.165, 1.54) is 18.2 Å². The molecule has 2 aromatic carbocycles. The van der Waals surface area contributed by atoms with Gasteiger partial charge >= 0.3 is 6.61 Å². The summed E-state index contributed by atoms with van der Waals surface area (Å²) in [6.07, 6.45) is 1.95. The molecule has 6 nitrogen and oxygen atoms in total. The largest absolute Gasteiger partial charge is 0.433 e. The van der Waals surface area contributed by atoms with Crippen LogP contribution in [0.15, 0.2) is 48.5 Å². The number of carbonyl (C=O) groups excluding carboxylic acids is 2. The normalized spacial score (nSPS) is 13.1. The average Bonchev–Trinajstić information content (AvgIpc) is 3.45. The molecule has 0 saturated heterocycles. The van der Waals surface area contributed by atoms with Gasteiger partial charge in [-0.1, -0.05) is 24.3 Å². The number of amides is 2. The summed E-state index contributed by atoms with van der Waals surface area (Å²) in [5.74, 6) is -0.778. The Morgan fingerprint density at radius 3 is 2.41 bits per heavy atom. The van der Waals surface area contributed by atoms with Gasteiger partial charge < -0.3 is 20.7 Å². The van der Waals surface area contributed by atoms with Gasteiger partial charge in [0.2, 0.25) is 5.91 Å². The van der Waals surface area contributed by atoms with Crippen LogP contribution < -0.4 is 20.7 Å². The number of anilines is 2. The van der Waals surface area contributed by atoms with Crippen molar-refractivity contribution in [2.75, 3.05) is 17.2 Å². The van der Waals surface area contributed by atoms with Crippen LogP contribution in [0.4, 0.5) is 20.2 Å². The summed E-state index contributed by atoms with van der Waals surface area (Å²) in [5, 5.41) is 8.32. The molecule has 27 heavy (non-hydrogen) atoms. The van der Waals surface area contributed by atoms with Crippen molar-refractivity contribution < 1.29 is 23.1 Å². The fourth-order valence-electron chi connectivity index (χ4n) is 2.46. The summed E-state index contributed by atoms with van der Waals surface area (Å²) < 4.78 is 29.3. The molecule has 3 rings (SSSR count). The van der Waals surface area contributed by atoms with Crippen molar-refractivity contribution in [3.05, 3.63) is 54.1 Å². The van der Waals surface area contributed by atoms with Crippen molar-refractivity contribution in [3.8, 4) is 5.75 Å². The first-order chi connectivity index (χ1) is 13.0. The van der Waals surface area contributed by atoms with E-state index in [4.69, 9.17) is 0 Å². The maximum atomic E-state index is 12.4. The molecular formula is C19H19F2N3O3. The van der Waals surface area contributed by atoms with E-state index in [-0.39, 0.29) is 29.9 Å². The molecule has 1 aliphatic rings. The zero-order valence-corrected chi connectivity index (χ0v) is 14.4. The van der Waals surface area contributed by atoms with Crippen LogP contribution in [0.25, 0.3) is 0 Å². The third-order valence-corrected chi connectivity index (χ3v) is 3.90. The Labute approximate surface area is 154 Å². The van der Waals surface area contributed by atoms with Gasteiger partial charge in [-0.3, -0.25) is 9.59 Å². The summed E-state index contributed by atoms with van der Waals surface area (Å²) in [6, 6.07) is 13.0. The second-order valence-electron chi connectivity index (χ2n) is 6.07. The van der Waals surface area contributed by atoms with Crippen molar-refractivity contribution in [2.45, 2.75) is 25.5 Å². The predicted molar refractivity (Wildman–Crippen MR) is 97.1 cm³/mol.